The van der Waals surface area contributed by atoms with E-state index in [1.165, 1.54) is 0 Å². The SMILES string of the molecule is COCc1ccc(C(=O)NC(CO)c2ccccc2)o1. The van der Waals surface area contributed by atoms with E-state index in [9.17, 15) is 9.90 Å². The zero-order valence-corrected chi connectivity index (χ0v) is 11.2. The van der Waals surface area contributed by atoms with E-state index in [4.69, 9.17) is 9.15 Å². The first-order valence-electron chi connectivity index (χ1n) is 6.29. The Labute approximate surface area is 117 Å². The summed E-state index contributed by atoms with van der Waals surface area (Å²) in [6, 6.07) is 12.1. The second kappa shape index (κ2) is 6.88. The van der Waals surface area contributed by atoms with Crippen LogP contribution in [0.1, 0.15) is 27.9 Å². The number of methoxy groups -OCH3 is 1. The van der Waals surface area contributed by atoms with E-state index < -0.39 is 6.04 Å². The Morgan fingerprint density at radius 1 is 1.30 bits per heavy atom. The average Bonchev–Trinajstić information content (AvgIpc) is 2.94. The third-order valence-electron chi connectivity index (χ3n) is 2.86. The number of nitrogens with one attached hydrogen (secondary N) is 1. The third-order valence-corrected chi connectivity index (χ3v) is 2.86. The lowest BCUT2D eigenvalue weighted by Gasteiger charge is -2.15. The van der Waals surface area contributed by atoms with Crippen molar-refractivity contribution in [3.63, 3.8) is 0 Å². The molecule has 5 nitrogen and oxygen atoms in total. The highest BCUT2D eigenvalue weighted by molar-refractivity contribution is 5.91. The first-order chi connectivity index (χ1) is 9.74. The van der Waals surface area contributed by atoms with Gasteiger partial charge in [0.1, 0.15) is 12.4 Å². The molecule has 0 aliphatic heterocycles. The van der Waals surface area contributed by atoms with E-state index in [-0.39, 0.29) is 18.3 Å². The van der Waals surface area contributed by atoms with Crippen LogP contribution in [0.15, 0.2) is 46.9 Å². The number of ether oxygens (including phenoxy) is 1. The van der Waals surface area contributed by atoms with Crippen LogP contribution in [0.3, 0.4) is 0 Å². The van der Waals surface area contributed by atoms with Gasteiger partial charge in [-0.05, 0) is 17.7 Å². The van der Waals surface area contributed by atoms with Gasteiger partial charge >= 0.3 is 0 Å². The molecule has 1 amide bonds. The Hall–Kier alpha value is -2.11. The van der Waals surface area contributed by atoms with Gasteiger partial charge in [0.05, 0.1) is 12.6 Å². The molecule has 0 aliphatic rings. The molecule has 1 heterocycles. The first kappa shape index (κ1) is 14.3. The molecule has 2 N–H and O–H groups in total. The van der Waals surface area contributed by atoms with Gasteiger partial charge in [-0.15, -0.1) is 0 Å². The van der Waals surface area contributed by atoms with Gasteiger partial charge in [-0.25, -0.2) is 0 Å². The van der Waals surface area contributed by atoms with Gasteiger partial charge < -0.3 is 19.6 Å². The monoisotopic (exact) mass is 275 g/mol. The number of amides is 1. The molecule has 106 valence electrons. The van der Waals surface area contributed by atoms with Crippen molar-refractivity contribution in [2.75, 3.05) is 13.7 Å². The van der Waals surface area contributed by atoms with E-state index in [1.807, 2.05) is 30.3 Å². The van der Waals surface area contributed by atoms with Gasteiger partial charge in [-0.2, -0.15) is 0 Å². The van der Waals surface area contributed by atoms with Gasteiger partial charge in [-0.1, -0.05) is 30.3 Å². The molecular formula is C15H17NO4. The van der Waals surface area contributed by atoms with Gasteiger partial charge in [0.2, 0.25) is 0 Å². The van der Waals surface area contributed by atoms with Crippen LogP contribution >= 0.6 is 0 Å². The molecule has 0 fully saturated rings. The number of hydrogen-bond donors (Lipinski definition) is 2. The minimum atomic E-state index is -0.459. The molecule has 2 aromatic rings. The summed E-state index contributed by atoms with van der Waals surface area (Å²) in [5.74, 6) is 0.416. The third kappa shape index (κ3) is 3.46. The minimum absolute atomic E-state index is 0.179. The topological polar surface area (TPSA) is 71.7 Å². The Balaban J connectivity index is 2.05. The van der Waals surface area contributed by atoms with Gasteiger partial charge in [0.25, 0.3) is 5.91 Å². The van der Waals surface area contributed by atoms with Crippen LogP contribution in [0.5, 0.6) is 0 Å². The summed E-state index contributed by atoms with van der Waals surface area (Å²) < 4.78 is 10.3. The normalized spacial score (nSPS) is 12.1. The van der Waals surface area contributed by atoms with Crippen molar-refractivity contribution in [1.82, 2.24) is 5.32 Å². The number of rotatable bonds is 6. The standard InChI is InChI=1S/C15H17NO4/c1-19-10-12-7-8-14(20-12)15(18)16-13(9-17)11-5-3-2-4-6-11/h2-8,13,17H,9-10H2,1H3,(H,16,18). The van der Waals surface area contributed by atoms with Crippen molar-refractivity contribution in [2.24, 2.45) is 0 Å². The predicted octanol–water partition coefficient (Wildman–Crippen LogP) is 1.89. The van der Waals surface area contributed by atoms with Crippen LogP contribution in [-0.4, -0.2) is 24.7 Å². The highest BCUT2D eigenvalue weighted by Gasteiger charge is 2.17. The molecule has 0 saturated carbocycles. The minimum Gasteiger partial charge on any atom is -0.453 e. The molecule has 1 atom stereocenters. The maximum atomic E-state index is 12.0. The van der Waals surface area contributed by atoms with Crippen LogP contribution in [0, 0.1) is 0 Å². The molecule has 1 aromatic carbocycles. The number of carbonyl (C=O) groups is 1. The van der Waals surface area contributed by atoms with Crippen molar-refractivity contribution in [2.45, 2.75) is 12.6 Å². The lowest BCUT2D eigenvalue weighted by molar-refractivity contribution is 0.0879. The Morgan fingerprint density at radius 3 is 2.70 bits per heavy atom. The van der Waals surface area contributed by atoms with Crippen LogP contribution in [0.2, 0.25) is 0 Å². The fraction of sp³-hybridized carbons (Fsp3) is 0.267. The molecule has 0 aliphatic carbocycles. The maximum absolute atomic E-state index is 12.0. The summed E-state index contributed by atoms with van der Waals surface area (Å²) in [6.45, 7) is 0.136. The zero-order valence-electron chi connectivity index (χ0n) is 11.2. The van der Waals surface area contributed by atoms with Crippen LogP contribution < -0.4 is 5.32 Å². The van der Waals surface area contributed by atoms with E-state index in [0.717, 1.165) is 5.56 Å². The van der Waals surface area contributed by atoms with E-state index in [2.05, 4.69) is 5.32 Å². The van der Waals surface area contributed by atoms with Crippen LogP contribution in [-0.2, 0) is 11.3 Å². The average molecular weight is 275 g/mol. The number of hydrogen-bond acceptors (Lipinski definition) is 4. The predicted molar refractivity (Wildman–Crippen MR) is 73.2 cm³/mol. The Morgan fingerprint density at radius 2 is 2.05 bits per heavy atom. The van der Waals surface area contributed by atoms with Crippen LogP contribution in [0.4, 0.5) is 0 Å². The fourth-order valence-corrected chi connectivity index (χ4v) is 1.87. The van der Waals surface area contributed by atoms with Gasteiger partial charge in [-0.3, -0.25) is 4.79 Å². The summed E-state index contributed by atoms with van der Waals surface area (Å²) in [7, 11) is 1.56. The lowest BCUT2D eigenvalue weighted by atomic mass is 10.1. The summed E-state index contributed by atoms with van der Waals surface area (Å²) in [5.41, 5.74) is 0.840. The summed E-state index contributed by atoms with van der Waals surface area (Å²) in [4.78, 5) is 12.0. The van der Waals surface area contributed by atoms with Crippen molar-refractivity contribution in [3.05, 3.63) is 59.5 Å². The number of carbonyl (C=O) groups excluding carboxylic acids is 1. The van der Waals surface area contributed by atoms with E-state index in [0.29, 0.717) is 12.4 Å². The number of benzene rings is 1. The molecule has 5 heteroatoms. The second-order valence-corrected chi connectivity index (χ2v) is 4.32. The number of furan rings is 1. The smallest absolute Gasteiger partial charge is 0.287 e. The van der Waals surface area contributed by atoms with Crippen molar-refractivity contribution in [1.29, 1.82) is 0 Å². The maximum Gasteiger partial charge on any atom is 0.287 e. The summed E-state index contributed by atoms with van der Waals surface area (Å²) in [5, 5.41) is 12.1. The number of aliphatic hydroxyl groups is 1. The van der Waals surface area contributed by atoms with Crippen molar-refractivity contribution in [3.8, 4) is 0 Å². The van der Waals surface area contributed by atoms with Crippen LogP contribution in [0.25, 0.3) is 0 Å². The largest absolute Gasteiger partial charge is 0.453 e. The molecule has 2 rings (SSSR count). The quantitative estimate of drug-likeness (QED) is 0.844. The molecule has 0 bridgehead atoms. The van der Waals surface area contributed by atoms with Gasteiger partial charge in [0, 0.05) is 7.11 Å². The molecule has 1 aromatic heterocycles. The highest BCUT2D eigenvalue weighted by Crippen LogP contribution is 2.14. The molecular weight excluding hydrogens is 258 g/mol. The zero-order chi connectivity index (χ0) is 14.4. The summed E-state index contributed by atoms with van der Waals surface area (Å²) in [6.07, 6.45) is 0. The summed E-state index contributed by atoms with van der Waals surface area (Å²) >= 11 is 0. The van der Waals surface area contributed by atoms with E-state index in [1.54, 1.807) is 19.2 Å². The lowest BCUT2D eigenvalue weighted by Crippen LogP contribution is -2.30. The second-order valence-electron chi connectivity index (χ2n) is 4.32. The fourth-order valence-electron chi connectivity index (χ4n) is 1.87. The van der Waals surface area contributed by atoms with Crippen molar-refractivity contribution < 1.29 is 19.1 Å². The molecule has 0 saturated heterocycles. The molecule has 1 unspecified atom stereocenters. The first-order valence-corrected chi connectivity index (χ1v) is 6.29. The molecule has 0 spiro atoms. The number of aliphatic hydroxyl groups excluding tert-OH is 1. The van der Waals surface area contributed by atoms with Gasteiger partial charge in [0.15, 0.2) is 5.76 Å². The Bertz CT molecular complexity index is 550. The molecule has 20 heavy (non-hydrogen) atoms. The van der Waals surface area contributed by atoms with Crippen molar-refractivity contribution >= 4 is 5.91 Å². The Kier molecular flexibility index (Phi) is 4.92. The van der Waals surface area contributed by atoms with E-state index >= 15 is 0 Å². The highest BCUT2D eigenvalue weighted by atomic mass is 16.5. The molecule has 0 radical (unpaired) electrons.